The number of nitrogens with zero attached hydrogens (tertiary/aromatic N) is 2. The van der Waals surface area contributed by atoms with Crippen LogP contribution in [-0.2, 0) is 6.54 Å². The normalized spacial score (nSPS) is 15.2. The molecule has 0 atom stereocenters. The number of aryl methyl sites for hydroxylation is 1. The Bertz CT molecular complexity index is 755. The van der Waals surface area contributed by atoms with Crippen LogP contribution >= 0.6 is 0 Å². The highest BCUT2D eigenvalue weighted by Gasteiger charge is 2.25. The Balaban J connectivity index is 1.62. The predicted octanol–water partition coefficient (Wildman–Crippen LogP) is 3.10. The second-order valence-electron chi connectivity index (χ2n) is 6.38. The molecule has 5 heteroatoms. The third-order valence-electron chi connectivity index (χ3n) is 4.55. The molecule has 0 bridgehead atoms. The molecule has 0 radical (unpaired) electrons. The number of piperazine rings is 1. The van der Waals surface area contributed by atoms with E-state index in [0.29, 0.717) is 13.1 Å². The number of ether oxygens (including phenoxy) is 1. The Labute approximate surface area is 147 Å². The number of methoxy groups -OCH3 is 1. The molecule has 132 valence electrons. The van der Waals surface area contributed by atoms with Crippen LogP contribution in [-0.4, -0.2) is 49.0 Å². The van der Waals surface area contributed by atoms with Gasteiger partial charge in [0.05, 0.1) is 12.7 Å². The van der Waals surface area contributed by atoms with Crippen LogP contribution in [0.2, 0.25) is 0 Å². The largest absolute Gasteiger partial charge is 0.493 e. The summed E-state index contributed by atoms with van der Waals surface area (Å²) in [6.07, 6.45) is 0. The Kier molecular flexibility index (Phi) is 5.34. The maximum Gasteiger partial charge on any atom is 0.257 e. The van der Waals surface area contributed by atoms with Crippen LogP contribution in [0.15, 0.2) is 42.5 Å². The number of hydrogen-bond acceptors (Lipinski definition) is 3. The maximum absolute atomic E-state index is 13.8. The van der Waals surface area contributed by atoms with Crippen LogP contribution < -0.4 is 4.74 Å². The van der Waals surface area contributed by atoms with Crippen molar-refractivity contribution in [2.75, 3.05) is 33.3 Å². The quantitative estimate of drug-likeness (QED) is 0.856. The van der Waals surface area contributed by atoms with Crippen LogP contribution in [0.25, 0.3) is 0 Å². The molecule has 1 amide bonds. The lowest BCUT2D eigenvalue weighted by atomic mass is 10.1. The highest BCUT2D eigenvalue weighted by molar-refractivity contribution is 5.97. The SMILES string of the molecule is COc1c(F)cccc1C(=O)N1CCN(Cc2cccc(C)c2)CC1. The molecule has 2 aromatic carbocycles. The van der Waals surface area contributed by atoms with Gasteiger partial charge in [-0.2, -0.15) is 0 Å². The first-order valence-electron chi connectivity index (χ1n) is 8.48. The van der Waals surface area contributed by atoms with Crippen molar-refractivity contribution in [3.63, 3.8) is 0 Å². The number of carbonyl (C=O) groups excluding carboxylic acids is 1. The van der Waals surface area contributed by atoms with Gasteiger partial charge in [-0.25, -0.2) is 4.39 Å². The Hall–Kier alpha value is -2.40. The zero-order valence-electron chi connectivity index (χ0n) is 14.7. The van der Waals surface area contributed by atoms with E-state index in [1.165, 1.54) is 24.3 Å². The average Bonchev–Trinajstić information content (AvgIpc) is 2.61. The van der Waals surface area contributed by atoms with Crippen LogP contribution in [0, 0.1) is 12.7 Å². The molecule has 0 aliphatic carbocycles. The smallest absolute Gasteiger partial charge is 0.257 e. The Morgan fingerprint density at radius 1 is 1.12 bits per heavy atom. The highest BCUT2D eigenvalue weighted by Crippen LogP contribution is 2.24. The van der Waals surface area contributed by atoms with Gasteiger partial charge in [0, 0.05) is 32.7 Å². The second-order valence-corrected chi connectivity index (χ2v) is 6.38. The lowest BCUT2D eigenvalue weighted by Crippen LogP contribution is -2.48. The van der Waals surface area contributed by atoms with Crippen molar-refractivity contribution >= 4 is 5.91 Å². The van der Waals surface area contributed by atoms with Crippen LogP contribution in [0.3, 0.4) is 0 Å². The number of para-hydroxylation sites is 1. The van der Waals surface area contributed by atoms with E-state index in [9.17, 15) is 9.18 Å². The van der Waals surface area contributed by atoms with Crippen molar-refractivity contribution in [2.24, 2.45) is 0 Å². The molecule has 0 aromatic heterocycles. The highest BCUT2D eigenvalue weighted by atomic mass is 19.1. The van der Waals surface area contributed by atoms with E-state index in [0.717, 1.165) is 19.6 Å². The third kappa shape index (κ3) is 3.99. The van der Waals surface area contributed by atoms with Gasteiger partial charge in [-0.15, -0.1) is 0 Å². The molecule has 1 aliphatic rings. The lowest BCUT2D eigenvalue weighted by molar-refractivity contribution is 0.0624. The van der Waals surface area contributed by atoms with Crippen molar-refractivity contribution in [3.05, 3.63) is 65.0 Å². The lowest BCUT2D eigenvalue weighted by Gasteiger charge is -2.35. The van der Waals surface area contributed by atoms with Gasteiger partial charge in [-0.05, 0) is 24.6 Å². The first kappa shape index (κ1) is 17.4. The molecule has 3 rings (SSSR count). The summed E-state index contributed by atoms with van der Waals surface area (Å²) in [5, 5.41) is 0. The molecule has 0 unspecified atom stereocenters. The maximum atomic E-state index is 13.8. The average molecular weight is 342 g/mol. The van der Waals surface area contributed by atoms with Gasteiger partial charge >= 0.3 is 0 Å². The van der Waals surface area contributed by atoms with Gasteiger partial charge in [0.25, 0.3) is 5.91 Å². The number of halogens is 1. The van der Waals surface area contributed by atoms with E-state index >= 15 is 0 Å². The van der Waals surface area contributed by atoms with Crippen molar-refractivity contribution in [1.29, 1.82) is 0 Å². The topological polar surface area (TPSA) is 32.8 Å². The zero-order chi connectivity index (χ0) is 17.8. The first-order chi connectivity index (χ1) is 12.1. The summed E-state index contributed by atoms with van der Waals surface area (Å²) in [4.78, 5) is 16.8. The van der Waals surface area contributed by atoms with E-state index in [2.05, 4.69) is 36.1 Å². The Morgan fingerprint density at radius 2 is 1.84 bits per heavy atom. The van der Waals surface area contributed by atoms with E-state index in [1.807, 2.05) is 0 Å². The van der Waals surface area contributed by atoms with Crippen LogP contribution in [0.5, 0.6) is 5.75 Å². The van der Waals surface area contributed by atoms with Crippen molar-refractivity contribution in [2.45, 2.75) is 13.5 Å². The fourth-order valence-corrected chi connectivity index (χ4v) is 3.23. The molecule has 1 aliphatic heterocycles. The van der Waals surface area contributed by atoms with Gasteiger partial charge in [0.15, 0.2) is 11.6 Å². The van der Waals surface area contributed by atoms with Gasteiger partial charge < -0.3 is 9.64 Å². The summed E-state index contributed by atoms with van der Waals surface area (Å²) in [5.74, 6) is -0.660. The fraction of sp³-hybridized carbons (Fsp3) is 0.350. The summed E-state index contributed by atoms with van der Waals surface area (Å²) in [5.41, 5.74) is 2.82. The minimum atomic E-state index is -0.508. The molecule has 1 heterocycles. The number of hydrogen-bond donors (Lipinski definition) is 0. The Morgan fingerprint density at radius 3 is 2.52 bits per heavy atom. The molecule has 1 fully saturated rings. The molecule has 25 heavy (non-hydrogen) atoms. The summed E-state index contributed by atoms with van der Waals surface area (Å²) < 4.78 is 18.9. The molecule has 4 nitrogen and oxygen atoms in total. The standard InChI is InChI=1S/C20H23FN2O2/c1-15-5-3-6-16(13-15)14-22-9-11-23(12-10-22)20(24)17-7-4-8-18(21)19(17)25-2/h3-8,13H,9-12,14H2,1-2H3. The molecular weight excluding hydrogens is 319 g/mol. The van der Waals surface area contributed by atoms with Crippen molar-refractivity contribution in [3.8, 4) is 5.75 Å². The number of carbonyl (C=O) groups is 1. The minimum absolute atomic E-state index is 0.0229. The summed E-state index contributed by atoms with van der Waals surface area (Å²) >= 11 is 0. The number of amides is 1. The van der Waals surface area contributed by atoms with E-state index in [4.69, 9.17) is 4.74 Å². The minimum Gasteiger partial charge on any atom is -0.493 e. The second kappa shape index (κ2) is 7.66. The number of benzene rings is 2. The van der Waals surface area contributed by atoms with Gasteiger partial charge in [-0.1, -0.05) is 35.9 Å². The fourth-order valence-electron chi connectivity index (χ4n) is 3.23. The summed E-state index contributed by atoms with van der Waals surface area (Å²) in [6.45, 7) is 5.84. The van der Waals surface area contributed by atoms with E-state index in [1.54, 1.807) is 17.0 Å². The zero-order valence-corrected chi connectivity index (χ0v) is 14.7. The van der Waals surface area contributed by atoms with Crippen molar-refractivity contribution in [1.82, 2.24) is 9.80 Å². The third-order valence-corrected chi connectivity index (χ3v) is 4.55. The van der Waals surface area contributed by atoms with Gasteiger partial charge in [0.2, 0.25) is 0 Å². The molecule has 0 spiro atoms. The molecular formula is C20H23FN2O2. The van der Waals surface area contributed by atoms with E-state index < -0.39 is 5.82 Å². The van der Waals surface area contributed by atoms with Crippen LogP contribution in [0.4, 0.5) is 4.39 Å². The van der Waals surface area contributed by atoms with E-state index in [-0.39, 0.29) is 17.2 Å². The molecule has 0 saturated carbocycles. The van der Waals surface area contributed by atoms with Crippen LogP contribution in [0.1, 0.15) is 21.5 Å². The molecule has 2 aromatic rings. The predicted molar refractivity (Wildman–Crippen MR) is 95.3 cm³/mol. The number of rotatable bonds is 4. The summed E-state index contributed by atoms with van der Waals surface area (Å²) in [7, 11) is 1.38. The van der Waals surface area contributed by atoms with Crippen molar-refractivity contribution < 1.29 is 13.9 Å². The first-order valence-corrected chi connectivity index (χ1v) is 8.48. The summed E-state index contributed by atoms with van der Waals surface area (Å²) in [6, 6.07) is 12.9. The van der Waals surface area contributed by atoms with Gasteiger partial charge in [-0.3, -0.25) is 9.69 Å². The monoisotopic (exact) mass is 342 g/mol. The molecule has 1 saturated heterocycles. The molecule has 0 N–H and O–H groups in total. The van der Waals surface area contributed by atoms with Gasteiger partial charge in [0.1, 0.15) is 0 Å².